The number of fused-ring (bicyclic) bond motifs is 6. The first kappa shape index (κ1) is 26.1. The lowest BCUT2D eigenvalue weighted by Gasteiger charge is -2.15. The minimum absolute atomic E-state index is 0.659. The van der Waals surface area contributed by atoms with E-state index in [1.807, 2.05) is 24.3 Å². The maximum absolute atomic E-state index is 10.1. The van der Waals surface area contributed by atoms with Crippen LogP contribution < -0.4 is 0 Å². The molecule has 0 saturated heterocycles. The number of hydrogen-bond acceptors (Lipinski definition) is 1. The van der Waals surface area contributed by atoms with Gasteiger partial charge in [-0.2, -0.15) is 5.26 Å². The summed E-state index contributed by atoms with van der Waals surface area (Å²) in [6, 6.07) is 60.2. The van der Waals surface area contributed by atoms with Crippen LogP contribution in [-0.4, -0.2) is 9.13 Å². The van der Waals surface area contributed by atoms with Crippen LogP contribution in [0.4, 0.5) is 0 Å². The fourth-order valence-corrected chi connectivity index (χ4v) is 7.12. The standard InChI is InChI=1S/C43H27N3/c44-28-30-12-1-2-15-35(30)32-24-31(26-34(27-32)46-42-22-9-5-18-38(42)39-19-6-10-23-43(39)46)29-13-11-14-33(25-29)45-40-20-7-3-16-36(40)37-17-4-8-21-41(37)45/h1-27H. The van der Waals surface area contributed by atoms with Gasteiger partial charge in [-0.05, 0) is 82.9 Å². The van der Waals surface area contributed by atoms with Gasteiger partial charge in [-0.1, -0.05) is 103 Å². The minimum atomic E-state index is 0.659. The second-order valence-electron chi connectivity index (χ2n) is 11.7. The molecule has 0 unspecified atom stereocenters. The van der Waals surface area contributed by atoms with Crippen LogP contribution in [0.1, 0.15) is 5.56 Å². The minimum Gasteiger partial charge on any atom is -0.309 e. The SMILES string of the molecule is N#Cc1ccccc1-c1cc(-c2cccc(-n3c4ccccc4c4ccccc43)c2)cc(-n2c3ccccc3c3ccccc32)c1. The van der Waals surface area contributed by atoms with Gasteiger partial charge in [-0.15, -0.1) is 0 Å². The Morgan fingerprint density at radius 1 is 0.370 bits per heavy atom. The Labute approximate surface area is 266 Å². The summed E-state index contributed by atoms with van der Waals surface area (Å²) in [6.45, 7) is 0. The van der Waals surface area contributed by atoms with Gasteiger partial charge in [0, 0.05) is 32.9 Å². The molecule has 0 atom stereocenters. The molecule has 9 rings (SSSR count). The van der Waals surface area contributed by atoms with E-state index in [2.05, 4.69) is 155 Å². The first-order chi connectivity index (χ1) is 22.8. The summed E-state index contributed by atoms with van der Waals surface area (Å²) in [5.74, 6) is 0. The maximum atomic E-state index is 10.1. The van der Waals surface area contributed by atoms with Crippen molar-refractivity contribution in [1.82, 2.24) is 9.13 Å². The molecule has 0 spiro atoms. The van der Waals surface area contributed by atoms with E-state index >= 15 is 0 Å². The Morgan fingerprint density at radius 2 is 0.826 bits per heavy atom. The smallest absolute Gasteiger partial charge is 0.0998 e. The van der Waals surface area contributed by atoms with E-state index in [4.69, 9.17) is 0 Å². The number of benzene rings is 7. The molecule has 0 amide bonds. The highest BCUT2D eigenvalue weighted by Crippen LogP contribution is 2.38. The summed E-state index contributed by atoms with van der Waals surface area (Å²) in [5, 5.41) is 15.0. The summed E-state index contributed by atoms with van der Waals surface area (Å²) in [4.78, 5) is 0. The highest BCUT2D eigenvalue weighted by molar-refractivity contribution is 6.10. The highest BCUT2D eigenvalue weighted by atomic mass is 15.0. The lowest BCUT2D eigenvalue weighted by Crippen LogP contribution is -1.97. The second-order valence-corrected chi connectivity index (χ2v) is 11.7. The molecule has 0 saturated carbocycles. The molecule has 0 aliphatic rings. The third kappa shape index (κ3) is 3.98. The average Bonchev–Trinajstić information content (AvgIpc) is 3.65. The topological polar surface area (TPSA) is 33.6 Å². The molecule has 0 radical (unpaired) electrons. The normalized spacial score (nSPS) is 11.5. The molecule has 3 heteroatoms. The van der Waals surface area contributed by atoms with Gasteiger partial charge in [0.15, 0.2) is 0 Å². The van der Waals surface area contributed by atoms with Crippen LogP contribution in [-0.2, 0) is 0 Å². The molecule has 2 aromatic heterocycles. The molecule has 214 valence electrons. The summed E-state index contributed by atoms with van der Waals surface area (Å²) >= 11 is 0. The summed E-state index contributed by atoms with van der Waals surface area (Å²) in [7, 11) is 0. The molecule has 0 bridgehead atoms. The number of para-hydroxylation sites is 4. The van der Waals surface area contributed by atoms with E-state index in [0.29, 0.717) is 5.56 Å². The molecular formula is C43H27N3. The monoisotopic (exact) mass is 585 g/mol. The van der Waals surface area contributed by atoms with Crippen molar-refractivity contribution < 1.29 is 0 Å². The van der Waals surface area contributed by atoms with Crippen molar-refractivity contribution in [3.05, 3.63) is 169 Å². The van der Waals surface area contributed by atoms with Gasteiger partial charge in [0.05, 0.1) is 33.7 Å². The zero-order chi connectivity index (χ0) is 30.6. The molecule has 46 heavy (non-hydrogen) atoms. The molecule has 0 N–H and O–H groups in total. The van der Waals surface area contributed by atoms with Crippen LogP contribution >= 0.6 is 0 Å². The molecule has 0 aliphatic heterocycles. The quantitative estimate of drug-likeness (QED) is 0.202. The van der Waals surface area contributed by atoms with Crippen LogP contribution in [0.3, 0.4) is 0 Å². The Morgan fingerprint density at radius 3 is 1.39 bits per heavy atom. The number of hydrogen-bond donors (Lipinski definition) is 0. The maximum Gasteiger partial charge on any atom is 0.0998 e. The van der Waals surface area contributed by atoms with Crippen LogP contribution in [0.15, 0.2) is 164 Å². The Kier molecular flexibility index (Phi) is 5.88. The fourth-order valence-electron chi connectivity index (χ4n) is 7.12. The van der Waals surface area contributed by atoms with Gasteiger partial charge >= 0.3 is 0 Å². The Bertz CT molecular complexity index is 2560. The van der Waals surface area contributed by atoms with E-state index in [9.17, 15) is 5.26 Å². The van der Waals surface area contributed by atoms with Gasteiger partial charge in [0.1, 0.15) is 0 Å². The first-order valence-electron chi connectivity index (χ1n) is 15.5. The van der Waals surface area contributed by atoms with Crippen molar-refractivity contribution in [1.29, 1.82) is 5.26 Å². The van der Waals surface area contributed by atoms with Crippen LogP contribution in [0.25, 0.3) is 77.2 Å². The second kappa shape index (κ2) is 10.4. The van der Waals surface area contributed by atoms with Gasteiger partial charge < -0.3 is 9.13 Å². The molecule has 3 nitrogen and oxygen atoms in total. The highest BCUT2D eigenvalue weighted by Gasteiger charge is 2.16. The van der Waals surface area contributed by atoms with Gasteiger partial charge in [0.25, 0.3) is 0 Å². The number of nitriles is 1. The lowest BCUT2D eigenvalue weighted by atomic mass is 9.95. The van der Waals surface area contributed by atoms with Gasteiger partial charge in [0.2, 0.25) is 0 Å². The summed E-state index contributed by atoms with van der Waals surface area (Å²) in [5.41, 5.74) is 11.6. The van der Waals surface area contributed by atoms with E-state index in [-0.39, 0.29) is 0 Å². The number of aromatic nitrogens is 2. The van der Waals surface area contributed by atoms with Crippen LogP contribution in [0.5, 0.6) is 0 Å². The van der Waals surface area contributed by atoms with Crippen LogP contribution in [0.2, 0.25) is 0 Å². The van der Waals surface area contributed by atoms with Crippen molar-refractivity contribution in [2.24, 2.45) is 0 Å². The zero-order valence-corrected chi connectivity index (χ0v) is 24.9. The van der Waals surface area contributed by atoms with E-state index in [1.165, 1.54) is 32.6 Å². The van der Waals surface area contributed by atoms with E-state index in [1.54, 1.807) is 0 Å². The molecule has 2 heterocycles. The van der Waals surface area contributed by atoms with E-state index < -0.39 is 0 Å². The largest absolute Gasteiger partial charge is 0.309 e. The predicted octanol–water partition coefficient (Wildman–Crippen LogP) is 11.1. The average molecular weight is 586 g/mol. The third-order valence-electron chi connectivity index (χ3n) is 9.13. The van der Waals surface area contributed by atoms with E-state index in [0.717, 1.165) is 44.7 Å². The Hall–Kier alpha value is -6.37. The molecule has 0 fully saturated rings. The number of nitrogens with zero attached hydrogens (tertiary/aromatic N) is 3. The molecule has 0 aliphatic carbocycles. The Balaban J connectivity index is 1.32. The van der Waals surface area contributed by atoms with Crippen LogP contribution in [0, 0.1) is 11.3 Å². The predicted molar refractivity (Wildman–Crippen MR) is 191 cm³/mol. The van der Waals surface area contributed by atoms with Crippen molar-refractivity contribution in [2.75, 3.05) is 0 Å². The fraction of sp³-hybridized carbons (Fsp3) is 0. The molecular weight excluding hydrogens is 558 g/mol. The summed E-state index contributed by atoms with van der Waals surface area (Å²) in [6.07, 6.45) is 0. The van der Waals surface area contributed by atoms with Crippen molar-refractivity contribution >= 4 is 43.6 Å². The lowest BCUT2D eigenvalue weighted by molar-refractivity contribution is 1.17. The van der Waals surface area contributed by atoms with Crippen molar-refractivity contribution in [2.45, 2.75) is 0 Å². The van der Waals surface area contributed by atoms with Crippen molar-refractivity contribution in [3.63, 3.8) is 0 Å². The van der Waals surface area contributed by atoms with Crippen molar-refractivity contribution in [3.8, 4) is 39.7 Å². The summed E-state index contributed by atoms with van der Waals surface area (Å²) < 4.78 is 4.71. The number of rotatable bonds is 4. The van der Waals surface area contributed by atoms with Gasteiger partial charge in [-0.25, -0.2) is 0 Å². The van der Waals surface area contributed by atoms with Gasteiger partial charge in [-0.3, -0.25) is 0 Å². The molecule has 7 aromatic carbocycles. The first-order valence-corrected chi connectivity index (χ1v) is 15.5. The third-order valence-corrected chi connectivity index (χ3v) is 9.13. The molecule has 9 aromatic rings. The zero-order valence-electron chi connectivity index (χ0n) is 24.9.